The Labute approximate surface area is 167 Å². The lowest BCUT2D eigenvalue weighted by molar-refractivity contribution is 0.280. The molecule has 6 heteroatoms. The summed E-state index contributed by atoms with van der Waals surface area (Å²) in [5.74, 6) is 0.716. The quantitative estimate of drug-likeness (QED) is 0.504. The van der Waals surface area contributed by atoms with Gasteiger partial charge in [-0.2, -0.15) is 0 Å². The van der Waals surface area contributed by atoms with E-state index in [0.717, 1.165) is 27.8 Å². The predicted octanol–water partition coefficient (Wildman–Crippen LogP) is 5.22. The van der Waals surface area contributed by atoms with Crippen molar-refractivity contribution in [1.82, 2.24) is 10.1 Å². The number of aromatic nitrogens is 2. The van der Waals surface area contributed by atoms with E-state index in [9.17, 15) is 5.11 Å². The van der Waals surface area contributed by atoms with Gasteiger partial charge in [0.15, 0.2) is 0 Å². The zero-order valence-corrected chi connectivity index (χ0v) is 15.8. The molecule has 0 radical (unpaired) electrons. The van der Waals surface area contributed by atoms with Gasteiger partial charge in [-0.05, 0) is 23.8 Å². The number of rotatable bonds is 5. The van der Waals surface area contributed by atoms with Crippen molar-refractivity contribution in [3.63, 3.8) is 0 Å². The first-order valence-electron chi connectivity index (χ1n) is 8.64. The molecule has 5 nitrogen and oxygen atoms in total. The molecule has 2 aromatic heterocycles. The van der Waals surface area contributed by atoms with Gasteiger partial charge in [0, 0.05) is 45.2 Å². The first-order chi connectivity index (χ1) is 13.7. The van der Waals surface area contributed by atoms with Gasteiger partial charge in [-0.3, -0.25) is 4.98 Å². The Bertz CT molecular complexity index is 1110. The van der Waals surface area contributed by atoms with E-state index in [-0.39, 0.29) is 6.61 Å². The third-order valence-corrected chi connectivity index (χ3v) is 4.80. The van der Waals surface area contributed by atoms with Gasteiger partial charge in [0.25, 0.3) is 0 Å². The molecule has 28 heavy (non-hydrogen) atoms. The molecule has 2 aromatic carbocycles. The summed E-state index contributed by atoms with van der Waals surface area (Å²) in [6.45, 7) is -0.188. The van der Waals surface area contributed by atoms with E-state index in [4.69, 9.17) is 20.9 Å². The van der Waals surface area contributed by atoms with Crippen LogP contribution in [-0.2, 0) is 6.61 Å². The molecule has 0 saturated heterocycles. The van der Waals surface area contributed by atoms with Gasteiger partial charge in [0.05, 0.1) is 13.7 Å². The van der Waals surface area contributed by atoms with Crippen molar-refractivity contribution in [2.45, 2.75) is 6.61 Å². The highest BCUT2D eigenvalue weighted by Gasteiger charge is 2.21. The number of hydrogen-bond donors (Lipinski definition) is 1. The van der Waals surface area contributed by atoms with Crippen molar-refractivity contribution < 1.29 is 14.4 Å². The first-order valence-corrected chi connectivity index (χ1v) is 9.02. The van der Waals surface area contributed by atoms with E-state index < -0.39 is 0 Å². The lowest BCUT2D eigenvalue weighted by atomic mass is 9.91. The Morgan fingerprint density at radius 2 is 1.75 bits per heavy atom. The molecular formula is C22H17ClN2O3. The highest BCUT2D eigenvalue weighted by molar-refractivity contribution is 6.30. The first kappa shape index (κ1) is 18.2. The van der Waals surface area contributed by atoms with Crippen LogP contribution in [0.4, 0.5) is 0 Å². The molecule has 0 spiro atoms. The van der Waals surface area contributed by atoms with E-state index in [1.54, 1.807) is 19.5 Å². The summed E-state index contributed by atoms with van der Waals surface area (Å²) < 4.78 is 10.7. The monoisotopic (exact) mass is 392 g/mol. The number of ether oxygens (including phenoxy) is 1. The molecule has 0 bridgehead atoms. The molecule has 140 valence electrons. The van der Waals surface area contributed by atoms with Crippen molar-refractivity contribution in [1.29, 1.82) is 0 Å². The molecule has 0 fully saturated rings. The van der Waals surface area contributed by atoms with Gasteiger partial charge in [0.1, 0.15) is 17.7 Å². The van der Waals surface area contributed by atoms with Crippen LogP contribution in [-0.4, -0.2) is 22.4 Å². The fraction of sp³-hybridized carbons (Fsp3) is 0.0909. The van der Waals surface area contributed by atoms with Crippen molar-refractivity contribution in [2.75, 3.05) is 7.11 Å². The minimum Gasteiger partial charge on any atom is -0.496 e. The average Bonchev–Trinajstić information content (AvgIpc) is 3.22. The third kappa shape index (κ3) is 3.26. The van der Waals surface area contributed by atoms with Crippen molar-refractivity contribution >= 4 is 11.6 Å². The number of halogens is 1. The van der Waals surface area contributed by atoms with E-state index >= 15 is 0 Å². The molecule has 0 unspecified atom stereocenters. The van der Waals surface area contributed by atoms with Crippen LogP contribution in [0.25, 0.3) is 33.5 Å². The van der Waals surface area contributed by atoms with Gasteiger partial charge in [0.2, 0.25) is 0 Å². The zero-order chi connectivity index (χ0) is 19.5. The SMILES string of the molecule is COc1ccccc1-c1cncc(-c2ccc(Cl)cc2)c1-c1nocc1CO. The van der Waals surface area contributed by atoms with Crippen LogP contribution >= 0.6 is 11.6 Å². The number of aliphatic hydroxyl groups excluding tert-OH is 1. The summed E-state index contributed by atoms with van der Waals surface area (Å²) in [5, 5.41) is 14.6. The smallest absolute Gasteiger partial charge is 0.129 e. The topological polar surface area (TPSA) is 68.4 Å². The molecule has 0 aliphatic rings. The maximum Gasteiger partial charge on any atom is 0.129 e. The number of nitrogens with zero attached hydrogens (tertiary/aromatic N) is 2. The van der Waals surface area contributed by atoms with E-state index in [0.29, 0.717) is 22.0 Å². The van der Waals surface area contributed by atoms with E-state index in [1.807, 2.05) is 48.5 Å². The Balaban J connectivity index is 2.04. The largest absolute Gasteiger partial charge is 0.496 e. The van der Waals surface area contributed by atoms with Gasteiger partial charge in [-0.25, -0.2) is 0 Å². The maximum absolute atomic E-state index is 9.77. The molecule has 0 aliphatic carbocycles. The summed E-state index contributed by atoms with van der Waals surface area (Å²) in [5.41, 5.74) is 5.44. The number of benzene rings is 2. The van der Waals surface area contributed by atoms with Crippen molar-refractivity contribution in [3.05, 3.63) is 77.8 Å². The average molecular weight is 393 g/mol. The van der Waals surface area contributed by atoms with Crippen LogP contribution in [0.15, 0.2) is 71.7 Å². The predicted molar refractivity (Wildman–Crippen MR) is 108 cm³/mol. The fourth-order valence-electron chi connectivity index (χ4n) is 3.21. The lowest BCUT2D eigenvalue weighted by Gasteiger charge is -2.16. The van der Waals surface area contributed by atoms with Crippen molar-refractivity contribution in [3.8, 4) is 39.3 Å². The highest BCUT2D eigenvalue weighted by atomic mass is 35.5. The normalized spacial score (nSPS) is 10.8. The number of pyridine rings is 1. The second-order valence-corrected chi connectivity index (χ2v) is 6.60. The standard InChI is InChI=1S/C22H17ClN2O3/c1-27-20-5-3-2-4-17(20)19-11-24-10-18(14-6-8-16(23)9-7-14)21(19)22-15(12-26)13-28-25-22/h2-11,13,26H,12H2,1H3. The van der Waals surface area contributed by atoms with Gasteiger partial charge in [-0.15, -0.1) is 0 Å². The van der Waals surface area contributed by atoms with Crippen LogP contribution in [0.1, 0.15) is 5.56 Å². The third-order valence-electron chi connectivity index (χ3n) is 4.55. The van der Waals surface area contributed by atoms with Crippen LogP contribution in [0.2, 0.25) is 5.02 Å². The van der Waals surface area contributed by atoms with Gasteiger partial charge >= 0.3 is 0 Å². The zero-order valence-electron chi connectivity index (χ0n) is 15.1. The van der Waals surface area contributed by atoms with Crippen molar-refractivity contribution in [2.24, 2.45) is 0 Å². The molecule has 4 aromatic rings. The Hall–Kier alpha value is -3.15. The summed E-state index contributed by atoms with van der Waals surface area (Å²) in [4.78, 5) is 4.45. The Morgan fingerprint density at radius 3 is 2.50 bits per heavy atom. The summed E-state index contributed by atoms with van der Waals surface area (Å²) >= 11 is 6.06. The molecular weight excluding hydrogens is 376 g/mol. The molecule has 0 aliphatic heterocycles. The van der Waals surface area contributed by atoms with Crippen LogP contribution in [0, 0.1) is 0 Å². The number of para-hydroxylation sites is 1. The summed E-state index contributed by atoms with van der Waals surface area (Å²) in [6, 6.07) is 15.2. The molecule has 2 heterocycles. The number of methoxy groups -OCH3 is 1. The minimum absolute atomic E-state index is 0.188. The van der Waals surface area contributed by atoms with Crippen LogP contribution in [0.5, 0.6) is 5.75 Å². The molecule has 0 atom stereocenters. The lowest BCUT2D eigenvalue weighted by Crippen LogP contribution is -1.97. The fourth-order valence-corrected chi connectivity index (χ4v) is 3.34. The summed E-state index contributed by atoms with van der Waals surface area (Å²) in [7, 11) is 1.63. The second kappa shape index (κ2) is 7.84. The summed E-state index contributed by atoms with van der Waals surface area (Å²) in [6.07, 6.45) is 4.99. The van der Waals surface area contributed by atoms with Crippen LogP contribution < -0.4 is 4.74 Å². The Kier molecular flexibility index (Phi) is 5.10. The maximum atomic E-state index is 9.77. The van der Waals surface area contributed by atoms with Gasteiger partial charge < -0.3 is 14.4 Å². The van der Waals surface area contributed by atoms with Gasteiger partial charge in [-0.1, -0.05) is 47.1 Å². The molecule has 4 rings (SSSR count). The molecule has 0 amide bonds. The van der Waals surface area contributed by atoms with E-state index in [1.165, 1.54) is 6.26 Å². The molecule has 0 saturated carbocycles. The molecule has 1 N–H and O–H groups in total. The van der Waals surface area contributed by atoms with E-state index in [2.05, 4.69) is 10.1 Å². The number of hydrogen-bond acceptors (Lipinski definition) is 5. The highest BCUT2D eigenvalue weighted by Crippen LogP contribution is 2.42. The Morgan fingerprint density at radius 1 is 1.00 bits per heavy atom. The number of aliphatic hydroxyl groups is 1. The minimum atomic E-state index is -0.188. The van der Waals surface area contributed by atoms with Crippen LogP contribution in [0.3, 0.4) is 0 Å². The second-order valence-electron chi connectivity index (χ2n) is 6.16.